The van der Waals surface area contributed by atoms with E-state index in [1.807, 2.05) is 39.0 Å². The van der Waals surface area contributed by atoms with Crippen molar-refractivity contribution in [3.8, 4) is 0 Å². The fourth-order valence-corrected chi connectivity index (χ4v) is 2.06. The van der Waals surface area contributed by atoms with Crippen LogP contribution >= 0.6 is 21.7 Å². The van der Waals surface area contributed by atoms with Crippen molar-refractivity contribution in [2.24, 2.45) is 0 Å². The zero-order chi connectivity index (χ0) is 13.3. The van der Waals surface area contributed by atoms with E-state index in [2.05, 4.69) is 5.10 Å². The number of nitrogens with zero attached hydrogens (tertiary/aromatic N) is 2. The van der Waals surface area contributed by atoms with Crippen molar-refractivity contribution in [3.63, 3.8) is 0 Å². The van der Waals surface area contributed by atoms with Crippen LogP contribution in [0.3, 0.4) is 0 Å². The van der Waals surface area contributed by atoms with E-state index >= 15 is 0 Å². The van der Waals surface area contributed by atoms with Gasteiger partial charge in [0.1, 0.15) is 5.60 Å². The Morgan fingerprint density at radius 1 is 1.44 bits per heavy atom. The zero-order valence-electron chi connectivity index (χ0n) is 10.3. The summed E-state index contributed by atoms with van der Waals surface area (Å²) in [5.74, 6) is 0. The van der Waals surface area contributed by atoms with E-state index in [1.54, 1.807) is 6.20 Å². The van der Waals surface area contributed by atoms with Gasteiger partial charge in [-0.1, -0.05) is 6.07 Å². The molecule has 4 nitrogen and oxygen atoms in total. The van der Waals surface area contributed by atoms with Crippen LogP contribution in [-0.4, -0.2) is 21.5 Å². The normalized spacial score (nSPS) is 11.8. The maximum absolute atomic E-state index is 12.0. The third-order valence-corrected chi connectivity index (χ3v) is 3.16. The first-order valence-corrected chi connectivity index (χ1v) is 7.05. The number of hydrogen-bond acceptors (Lipinski definition) is 4. The lowest BCUT2D eigenvalue weighted by atomic mass is 10.2. The maximum atomic E-state index is 12.0. The van der Waals surface area contributed by atoms with Crippen LogP contribution in [0.1, 0.15) is 20.8 Å². The highest BCUT2D eigenvalue weighted by Gasteiger charge is 2.20. The highest BCUT2D eigenvalue weighted by atomic mass is 35.7. The third kappa shape index (κ3) is 2.79. The van der Waals surface area contributed by atoms with Crippen LogP contribution in [0.4, 0.5) is 4.79 Å². The van der Waals surface area contributed by atoms with Gasteiger partial charge < -0.3 is 4.74 Å². The first kappa shape index (κ1) is 13.2. The molecule has 0 radical (unpaired) electrons. The van der Waals surface area contributed by atoms with Crippen LogP contribution in [0.2, 0.25) is 0 Å². The van der Waals surface area contributed by atoms with Crippen LogP contribution in [0, 0.1) is 0 Å². The van der Waals surface area contributed by atoms with Gasteiger partial charge in [-0.05, 0) is 54.6 Å². The molecule has 0 saturated carbocycles. The Morgan fingerprint density at radius 2 is 2.17 bits per heavy atom. The van der Waals surface area contributed by atoms with Crippen molar-refractivity contribution in [2.75, 3.05) is 0 Å². The second kappa shape index (κ2) is 4.82. The van der Waals surface area contributed by atoms with Crippen LogP contribution in [0.25, 0.3) is 10.9 Å². The van der Waals surface area contributed by atoms with E-state index < -0.39 is 11.7 Å². The number of ether oxygens (including phenoxy) is 1. The summed E-state index contributed by atoms with van der Waals surface area (Å²) in [6.07, 6.45) is 1.14. The number of fused-ring (bicyclic) bond motifs is 1. The Kier molecular flexibility index (Phi) is 3.54. The summed E-state index contributed by atoms with van der Waals surface area (Å²) in [6.45, 7) is 5.45. The van der Waals surface area contributed by atoms with E-state index in [0.717, 1.165) is 21.3 Å². The SMILES string of the molecule is CC(C)(C)OC(=O)n1ncc2ccc(SCl)cc21. The fourth-order valence-electron chi connectivity index (χ4n) is 1.50. The second-order valence-electron chi connectivity index (χ2n) is 4.83. The molecule has 0 aliphatic rings. The minimum absolute atomic E-state index is 0.491. The van der Waals surface area contributed by atoms with Gasteiger partial charge in [-0.15, -0.1) is 0 Å². The quantitative estimate of drug-likeness (QED) is 0.792. The second-order valence-corrected chi connectivity index (χ2v) is 5.92. The van der Waals surface area contributed by atoms with Gasteiger partial charge >= 0.3 is 6.09 Å². The molecular weight excluding hydrogens is 272 g/mol. The average Bonchev–Trinajstić information content (AvgIpc) is 2.69. The molecule has 0 bridgehead atoms. The van der Waals surface area contributed by atoms with E-state index in [4.69, 9.17) is 15.4 Å². The van der Waals surface area contributed by atoms with E-state index in [0.29, 0.717) is 5.52 Å². The van der Waals surface area contributed by atoms with Gasteiger partial charge in [0.2, 0.25) is 0 Å². The molecule has 0 fully saturated rings. The molecule has 0 aliphatic heterocycles. The molecule has 0 saturated heterocycles. The lowest BCUT2D eigenvalue weighted by Crippen LogP contribution is -2.27. The summed E-state index contributed by atoms with van der Waals surface area (Å²) < 4.78 is 6.53. The predicted molar refractivity (Wildman–Crippen MR) is 73.1 cm³/mol. The standard InChI is InChI=1S/C12H13ClN2O2S/c1-12(2,3)17-11(16)15-10-6-9(18-13)5-4-8(10)7-14-15/h4-7H,1-3H3. The zero-order valence-corrected chi connectivity index (χ0v) is 11.9. The highest BCUT2D eigenvalue weighted by Crippen LogP contribution is 2.26. The van der Waals surface area contributed by atoms with Crippen molar-refractivity contribution < 1.29 is 9.53 Å². The maximum Gasteiger partial charge on any atom is 0.435 e. The molecule has 96 valence electrons. The van der Waals surface area contributed by atoms with E-state index in [9.17, 15) is 4.79 Å². The molecule has 0 aliphatic carbocycles. The van der Waals surface area contributed by atoms with Crippen molar-refractivity contribution >= 4 is 38.7 Å². The van der Waals surface area contributed by atoms with Gasteiger partial charge in [-0.3, -0.25) is 0 Å². The average molecular weight is 285 g/mol. The molecule has 18 heavy (non-hydrogen) atoms. The lowest BCUT2D eigenvalue weighted by molar-refractivity contribution is 0.0522. The highest BCUT2D eigenvalue weighted by molar-refractivity contribution is 8.21. The molecule has 0 amide bonds. The van der Waals surface area contributed by atoms with Gasteiger partial charge in [0.15, 0.2) is 0 Å². The van der Waals surface area contributed by atoms with Crippen LogP contribution in [-0.2, 0) is 4.74 Å². The first-order chi connectivity index (χ1) is 8.40. The van der Waals surface area contributed by atoms with Crippen LogP contribution in [0.15, 0.2) is 29.3 Å². The van der Waals surface area contributed by atoms with Crippen LogP contribution in [0.5, 0.6) is 0 Å². The number of aromatic nitrogens is 2. The molecule has 2 rings (SSSR count). The monoisotopic (exact) mass is 284 g/mol. The topological polar surface area (TPSA) is 44.1 Å². The molecule has 1 heterocycles. The number of rotatable bonds is 1. The summed E-state index contributed by atoms with van der Waals surface area (Å²) in [5.41, 5.74) is 0.142. The van der Waals surface area contributed by atoms with Crippen molar-refractivity contribution in [1.29, 1.82) is 0 Å². The van der Waals surface area contributed by atoms with Gasteiger partial charge in [0.05, 0.1) is 11.7 Å². The molecule has 6 heteroatoms. The molecule has 0 atom stereocenters. The molecule has 1 aromatic carbocycles. The summed E-state index contributed by atoms with van der Waals surface area (Å²) in [6, 6.07) is 5.55. The fraction of sp³-hybridized carbons (Fsp3) is 0.333. The van der Waals surface area contributed by atoms with Gasteiger partial charge in [-0.2, -0.15) is 9.78 Å². The lowest BCUT2D eigenvalue weighted by Gasteiger charge is -2.19. The number of hydrogen-bond donors (Lipinski definition) is 0. The Morgan fingerprint density at radius 3 is 2.78 bits per heavy atom. The third-order valence-electron chi connectivity index (χ3n) is 2.20. The van der Waals surface area contributed by atoms with Crippen molar-refractivity contribution in [1.82, 2.24) is 9.78 Å². The molecule has 0 spiro atoms. The Labute approximate surface area is 114 Å². The minimum atomic E-state index is -0.547. The van der Waals surface area contributed by atoms with Crippen molar-refractivity contribution in [2.45, 2.75) is 31.3 Å². The number of carbonyl (C=O) groups is 1. The number of benzene rings is 1. The van der Waals surface area contributed by atoms with Gasteiger partial charge in [0, 0.05) is 10.3 Å². The number of carbonyl (C=O) groups excluding carboxylic acids is 1. The smallest absolute Gasteiger partial charge is 0.435 e. The summed E-state index contributed by atoms with van der Waals surface area (Å²) >= 11 is 0. The largest absolute Gasteiger partial charge is 0.442 e. The Bertz CT molecular complexity index is 589. The summed E-state index contributed by atoms with van der Waals surface area (Å²) in [4.78, 5) is 12.8. The van der Waals surface area contributed by atoms with Gasteiger partial charge in [0.25, 0.3) is 0 Å². The molecule has 1 aromatic heterocycles. The molecule has 2 aromatic rings. The predicted octanol–water partition coefficient (Wildman–Crippen LogP) is 4.07. The Hall–Kier alpha value is -1.20. The van der Waals surface area contributed by atoms with E-state index in [1.165, 1.54) is 4.68 Å². The van der Waals surface area contributed by atoms with Gasteiger partial charge in [-0.25, -0.2) is 4.79 Å². The number of halogens is 1. The van der Waals surface area contributed by atoms with Crippen molar-refractivity contribution in [3.05, 3.63) is 24.4 Å². The molecular formula is C12H13ClN2O2S. The minimum Gasteiger partial charge on any atom is -0.442 e. The first-order valence-electron chi connectivity index (χ1n) is 5.40. The van der Waals surface area contributed by atoms with Crippen LogP contribution < -0.4 is 0 Å². The summed E-state index contributed by atoms with van der Waals surface area (Å²) in [7, 11) is 6.80. The summed E-state index contributed by atoms with van der Waals surface area (Å²) in [5, 5.41) is 4.92. The van der Waals surface area contributed by atoms with E-state index in [-0.39, 0.29) is 0 Å². The Balaban J connectivity index is 2.42. The molecule has 0 unspecified atom stereocenters. The molecule has 0 N–H and O–H groups in total.